The van der Waals surface area contributed by atoms with E-state index in [0.717, 1.165) is 0 Å². The van der Waals surface area contributed by atoms with Crippen LogP contribution in [0, 0.1) is 0 Å². The number of hydrogen-bond acceptors (Lipinski definition) is 6. The molecule has 2 aromatic rings. The molecular formula is C21H22Cl2N4O5. The molecule has 4 amide bonds. The Labute approximate surface area is 194 Å². The summed E-state index contributed by atoms with van der Waals surface area (Å²) in [5.74, 6) is 0.149. The number of anilines is 2. The van der Waals surface area contributed by atoms with Gasteiger partial charge in [0.15, 0.2) is 11.5 Å². The zero-order valence-corrected chi connectivity index (χ0v) is 18.8. The predicted molar refractivity (Wildman–Crippen MR) is 122 cm³/mol. The Morgan fingerprint density at radius 2 is 1.59 bits per heavy atom. The molecule has 0 spiro atoms. The van der Waals surface area contributed by atoms with Crippen molar-refractivity contribution in [2.24, 2.45) is 0 Å². The van der Waals surface area contributed by atoms with E-state index in [2.05, 4.69) is 16.0 Å². The van der Waals surface area contributed by atoms with E-state index in [0.29, 0.717) is 52.7 Å². The Bertz CT molecular complexity index is 997. The summed E-state index contributed by atoms with van der Waals surface area (Å²) in [6.45, 7) is 2.83. The van der Waals surface area contributed by atoms with Crippen LogP contribution >= 0.6 is 23.2 Å². The van der Waals surface area contributed by atoms with Crippen LogP contribution in [0.2, 0.25) is 10.0 Å². The van der Waals surface area contributed by atoms with Gasteiger partial charge in [-0.05, 0) is 30.8 Å². The minimum Gasteiger partial charge on any atom is -0.486 e. The first-order chi connectivity index (χ1) is 15.4. The number of halogens is 2. The first-order valence-electron chi connectivity index (χ1n) is 9.82. The molecule has 11 heteroatoms. The second kappa shape index (κ2) is 11.0. The van der Waals surface area contributed by atoms with Crippen molar-refractivity contribution in [1.29, 1.82) is 0 Å². The number of rotatable bonds is 7. The van der Waals surface area contributed by atoms with E-state index in [1.54, 1.807) is 48.2 Å². The molecule has 0 saturated heterocycles. The van der Waals surface area contributed by atoms with Crippen LogP contribution < -0.4 is 25.4 Å². The van der Waals surface area contributed by atoms with Crippen LogP contribution in [0.15, 0.2) is 36.4 Å². The number of nitrogens with zero attached hydrogens (tertiary/aromatic N) is 1. The van der Waals surface area contributed by atoms with E-state index in [9.17, 15) is 14.4 Å². The zero-order valence-electron chi connectivity index (χ0n) is 17.2. The lowest BCUT2D eigenvalue weighted by Gasteiger charge is -2.20. The average Bonchev–Trinajstić information content (AvgIpc) is 2.75. The van der Waals surface area contributed by atoms with E-state index in [1.807, 2.05) is 0 Å². The Balaban J connectivity index is 1.49. The molecule has 3 rings (SSSR count). The molecule has 170 valence electrons. The van der Waals surface area contributed by atoms with Gasteiger partial charge in [0.25, 0.3) is 0 Å². The minimum atomic E-state index is -0.699. The number of para-hydroxylation sites is 1. The molecule has 0 aromatic heterocycles. The first-order valence-corrected chi connectivity index (χ1v) is 10.6. The molecule has 1 aliphatic rings. The molecular weight excluding hydrogens is 459 g/mol. The summed E-state index contributed by atoms with van der Waals surface area (Å²) >= 11 is 12.1. The number of carbonyl (C=O) groups is 3. The normalized spacial score (nSPS) is 12.2. The van der Waals surface area contributed by atoms with Crippen LogP contribution in [0.3, 0.4) is 0 Å². The molecule has 0 saturated carbocycles. The Morgan fingerprint density at radius 1 is 0.938 bits per heavy atom. The maximum Gasteiger partial charge on any atom is 0.325 e. The van der Waals surface area contributed by atoms with Gasteiger partial charge in [0.2, 0.25) is 11.8 Å². The summed E-state index contributed by atoms with van der Waals surface area (Å²) in [4.78, 5) is 38.3. The number of likely N-dealkylation sites (N-methyl/N-ethyl adjacent to an activating group) is 1. The molecule has 9 nitrogen and oxygen atoms in total. The first kappa shape index (κ1) is 23.6. The smallest absolute Gasteiger partial charge is 0.325 e. The van der Waals surface area contributed by atoms with Crippen molar-refractivity contribution in [3.8, 4) is 11.5 Å². The topological polar surface area (TPSA) is 109 Å². The number of benzene rings is 2. The number of ether oxygens (including phenoxy) is 2. The SMILES string of the molecule is CCN(CC(=O)NC(=O)Nc1ccc2c(c1)OCCO2)CC(=O)Nc1c(Cl)cccc1Cl. The summed E-state index contributed by atoms with van der Waals surface area (Å²) in [6.07, 6.45) is 0. The standard InChI is InChI=1S/C21H22Cl2N4O5/c1-2-27(11-18(28)25-20-14(22)4-3-5-15(20)23)12-19(29)26-21(30)24-13-6-7-16-17(10-13)32-9-8-31-16/h3-7,10H,2,8-9,11-12H2,1H3,(H,25,28)(H2,24,26,29,30). The van der Waals surface area contributed by atoms with Gasteiger partial charge < -0.3 is 20.1 Å². The highest BCUT2D eigenvalue weighted by Crippen LogP contribution is 2.32. The monoisotopic (exact) mass is 480 g/mol. The van der Waals surface area contributed by atoms with Gasteiger partial charge in [-0.25, -0.2) is 4.79 Å². The fourth-order valence-electron chi connectivity index (χ4n) is 2.93. The van der Waals surface area contributed by atoms with Crippen LogP contribution in [-0.4, -0.2) is 55.6 Å². The highest BCUT2D eigenvalue weighted by molar-refractivity contribution is 6.39. The second-order valence-corrected chi connectivity index (χ2v) is 7.62. The summed E-state index contributed by atoms with van der Waals surface area (Å²) in [5, 5.41) is 8.06. The Kier molecular flexibility index (Phi) is 8.15. The number of nitrogens with one attached hydrogen (secondary N) is 3. The maximum absolute atomic E-state index is 12.3. The van der Waals surface area contributed by atoms with E-state index in [1.165, 1.54) is 0 Å². The summed E-state index contributed by atoms with van der Waals surface area (Å²) < 4.78 is 10.9. The van der Waals surface area contributed by atoms with Crippen molar-refractivity contribution >= 4 is 52.4 Å². The number of carbonyl (C=O) groups excluding carboxylic acids is 3. The van der Waals surface area contributed by atoms with E-state index in [4.69, 9.17) is 32.7 Å². The summed E-state index contributed by atoms with van der Waals surface area (Å²) in [6, 6.07) is 9.10. The van der Waals surface area contributed by atoms with Gasteiger partial charge >= 0.3 is 6.03 Å². The van der Waals surface area contributed by atoms with Crippen molar-refractivity contribution in [2.45, 2.75) is 6.92 Å². The molecule has 0 fully saturated rings. The molecule has 1 heterocycles. The lowest BCUT2D eigenvalue weighted by molar-refractivity contribution is -0.122. The molecule has 2 aromatic carbocycles. The van der Waals surface area contributed by atoms with Gasteiger partial charge in [0.1, 0.15) is 13.2 Å². The highest BCUT2D eigenvalue weighted by atomic mass is 35.5. The van der Waals surface area contributed by atoms with Gasteiger partial charge in [-0.3, -0.25) is 19.8 Å². The lowest BCUT2D eigenvalue weighted by atomic mass is 10.2. The van der Waals surface area contributed by atoms with E-state index < -0.39 is 17.8 Å². The van der Waals surface area contributed by atoms with Crippen molar-refractivity contribution < 1.29 is 23.9 Å². The Hall–Kier alpha value is -3.01. The fourth-order valence-corrected chi connectivity index (χ4v) is 3.42. The molecule has 0 radical (unpaired) electrons. The van der Waals surface area contributed by atoms with E-state index in [-0.39, 0.29) is 13.1 Å². The van der Waals surface area contributed by atoms with Crippen LogP contribution in [0.5, 0.6) is 11.5 Å². The number of fused-ring (bicyclic) bond motifs is 1. The molecule has 32 heavy (non-hydrogen) atoms. The van der Waals surface area contributed by atoms with Crippen LogP contribution in [0.4, 0.5) is 16.2 Å². The Morgan fingerprint density at radius 3 is 2.28 bits per heavy atom. The van der Waals surface area contributed by atoms with Gasteiger partial charge in [0, 0.05) is 11.8 Å². The van der Waals surface area contributed by atoms with Crippen molar-refractivity contribution in [3.63, 3.8) is 0 Å². The summed E-state index contributed by atoms with van der Waals surface area (Å²) in [7, 11) is 0. The summed E-state index contributed by atoms with van der Waals surface area (Å²) in [5.41, 5.74) is 0.753. The van der Waals surface area contributed by atoms with E-state index >= 15 is 0 Å². The number of hydrogen-bond donors (Lipinski definition) is 3. The fraction of sp³-hybridized carbons (Fsp3) is 0.286. The van der Waals surface area contributed by atoms with Crippen LogP contribution in [0.25, 0.3) is 0 Å². The molecule has 1 aliphatic heterocycles. The van der Waals surface area contributed by atoms with Gasteiger partial charge in [-0.1, -0.05) is 36.2 Å². The van der Waals surface area contributed by atoms with Gasteiger partial charge in [-0.2, -0.15) is 0 Å². The van der Waals surface area contributed by atoms with Crippen molar-refractivity contribution in [1.82, 2.24) is 10.2 Å². The van der Waals surface area contributed by atoms with Crippen molar-refractivity contribution in [3.05, 3.63) is 46.4 Å². The molecule has 3 N–H and O–H groups in total. The van der Waals surface area contributed by atoms with Gasteiger partial charge in [0.05, 0.1) is 28.8 Å². The van der Waals surface area contributed by atoms with Gasteiger partial charge in [-0.15, -0.1) is 0 Å². The third kappa shape index (κ3) is 6.49. The van der Waals surface area contributed by atoms with Crippen molar-refractivity contribution in [2.75, 3.05) is 43.5 Å². The average molecular weight is 481 g/mol. The maximum atomic E-state index is 12.3. The predicted octanol–water partition coefficient (Wildman–Crippen LogP) is 3.37. The second-order valence-electron chi connectivity index (χ2n) is 6.81. The minimum absolute atomic E-state index is 0.0880. The third-order valence-electron chi connectivity index (χ3n) is 4.46. The largest absolute Gasteiger partial charge is 0.486 e. The number of amides is 4. The highest BCUT2D eigenvalue weighted by Gasteiger charge is 2.18. The molecule has 0 unspecified atom stereocenters. The van der Waals surface area contributed by atoms with Crippen LogP contribution in [-0.2, 0) is 9.59 Å². The lowest BCUT2D eigenvalue weighted by Crippen LogP contribution is -2.44. The zero-order chi connectivity index (χ0) is 23.1. The molecule has 0 aliphatic carbocycles. The molecule has 0 atom stereocenters. The molecule has 0 bridgehead atoms. The number of imide groups is 1. The quantitative estimate of drug-likeness (QED) is 0.560. The third-order valence-corrected chi connectivity index (χ3v) is 5.09. The van der Waals surface area contributed by atoms with Crippen LogP contribution in [0.1, 0.15) is 6.92 Å². The number of urea groups is 1.